The Morgan fingerprint density at radius 1 is 0.933 bits per heavy atom. The first-order chi connectivity index (χ1) is 21.5. The number of aliphatic hydroxyl groups excluding tert-OH is 1. The van der Waals surface area contributed by atoms with Gasteiger partial charge in [-0.1, -0.05) is 37.3 Å². The largest absolute Gasteiger partial charge is 0.508 e. The van der Waals surface area contributed by atoms with Gasteiger partial charge in [-0.05, 0) is 84.8 Å². The average Bonchev–Trinajstić information content (AvgIpc) is 3.01. The van der Waals surface area contributed by atoms with Gasteiger partial charge in [-0.25, -0.2) is 4.79 Å². The monoisotopic (exact) mass is 620 g/mol. The van der Waals surface area contributed by atoms with Crippen molar-refractivity contribution in [2.24, 2.45) is 5.92 Å². The fourth-order valence-corrected chi connectivity index (χ4v) is 5.00. The highest BCUT2D eigenvalue weighted by Crippen LogP contribution is 2.28. The Labute approximate surface area is 262 Å². The first kappa shape index (κ1) is 33.5. The van der Waals surface area contributed by atoms with E-state index in [2.05, 4.69) is 0 Å². The van der Waals surface area contributed by atoms with E-state index in [0.717, 1.165) is 11.1 Å². The van der Waals surface area contributed by atoms with Gasteiger partial charge in [0, 0.05) is 24.8 Å². The lowest BCUT2D eigenvalue weighted by Crippen LogP contribution is -2.53. The minimum Gasteiger partial charge on any atom is -0.508 e. The molecule has 0 aromatic heterocycles. The molecule has 0 bridgehead atoms. The molecule has 3 aromatic carbocycles. The van der Waals surface area contributed by atoms with Gasteiger partial charge in [0.1, 0.15) is 23.4 Å². The fourth-order valence-electron chi connectivity index (χ4n) is 5.00. The Hall–Kier alpha value is -4.38. The predicted molar refractivity (Wildman–Crippen MR) is 166 cm³/mol. The summed E-state index contributed by atoms with van der Waals surface area (Å²) in [7, 11) is 0. The van der Waals surface area contributed by atoms with Crippen molar-refractivity contribution >= 4 is 17.8 Å². The van der Waals surface area contributed by atoms with Crippen LogP contribution in [0.3, 0.4) is 0 Å². The van der Waals surface area contributed by atoms with E-state index in [1.807, 2.05) is 12.1 Å². The number of phenols is 4. The van der Waals surface area contributed by atoms with Gasteiger partial charge in [0.25, 0.3) is 0 Å². The molecule has 0 aliphatic carbocycles. The molecular weight excluding hydrogens is 580 g/mol. The molecule has 5 atom stereocenters. The molecule has 10 nitrogen and oxygen atoms in total. The molecule has 240 valence electrons. The smallest absolute Gasteiger partial charge is 0.331 e. The number of hydrogen-bond acceptors (Lipinski definition) is 10. The van der Waals surface area contributed by atoms with Crippen molar-refractivity contribution < 1.29 is 49.3 Å². The summed E-state index contributed by atoms with van der Waals surface area (Å²) >= 11 is 0. The number of ether oxygens (including phenoxy) is 3. The van der Waals surface area contributed by atoms with E-state index in [-0.39, 0.29) is 54.1 Å². The van der Waals surface area contributed by atoms with E-state index in [1.54, 1.807) is 38.1 Å². The third-order valence-electron chi connectivity index (χ3n) is 7.81. The van der Waals surface area contributed by atoms with Crippen molar-refractivity contribution in [3.8, 4) is 23.0 Å². The molecule has 10 heteroatoms. The Bertz CT molecular complexity index is 1480. The predicted octanol–water partition coefficient (Wildman–Crippen LogP) is 4.71. The second-order valence-electron chi connectivity index (χ2n) is 11.5. The third-order valence-corrected chi connectivity index (χ3v) is 7.81. The van der Waals surface area contributed by atoms with Gasteiger partial charge in [-0.2, -0.15) is 0 Å². The lowest BCUT2D eigenvalue weighted by Gasteiger charge is -2.39. The van der Waals surface area contributed by atoms with Crippen LogP contribution in [0.25, 0.3) is 6.08 Å². The van der Waals surface area contributed by atoms with Gasteiger partial charge in [0.15, 0.2) is 23.9 Å². The van der Waals surface area contributed by atoms with Gasteiger partial charge in [0.05, 0.1) is 12.7 Å². The summed E-state index contributed by atoms with van der Waals surface area (Å²) in [5, 5.41) is 49.9. The van der Waals surface area contributed by atoms with Gasteiger partial charge in [0.2, 0.25) is 0 Å². The van der Waals surface area contributed by atoms with E-state index in [1.165, 1.54) is 36.4 Å². The summed E-state index contributed by atoms with van der Waals surface area (Å²) in [4.78, 5) is 25.9. The number of aryl methyl sites for hydroxylation is 3. The third kappa shape index (κ3) is 9.81. The van der Waals surface area contributed by atoms with E-state index >= 15 is 0 Å². The highest BCUT2D eigenvalue weighted by Gasteiger charge is 2.42. The second-order valence-corrected chi connectivity index (χ2v) is 11.5. The topological polar surface area (TPSA) is 163 Å². The Morgan fingerprint density at radius 2 is 1.62 bits per heavy atom. The van der Waals surface area contributed by atoms with Gasteiger partial charge in [-0.15, -0.1) is 0 Å². The van der Waals surface area contributed by atoms with Crippen molar-refractivity contribution in [1.82, 2.24) is 0 Å². The standard InChI is InChI=1S/C35H40O10/c1-21-3-4-24(17-30(21)39)8-14-28(19-27(37)13-7-25-9-15-29(38)31(40)18-25)44-35-34(33(42)22(2)20-43-35)45-32(41)16-10-23-5-11-26(36)12-6-23/h3-6,9-12,15-18,22,28,33-36,38-40,42H,7-8,13-14,19-20H2,1-2H3/b16-10+/t22?,28-,33?,34?,35?/m0/s1. The zero-order valence-corrected chi connectivity index (χ0v) is 25.3. The summed E-state index contributed by atoms with van der Waals surface area (Å²) < 4.78 is 17.8. The molecule has 1 aliphatic heterocycles. The lowest BCUT2D eigenvalue weighted by atomic mass is 9.96. The Kier molecular flexibility index (Phi) is 11.6. The van der Waals surface area contributed by atoms with Crippen LogP contribution in [0.2, 0.25) is 0 Å². The van der Waals surface area contributed by atoms with Crippen molar-refractivity contribution in [2.45, 2.75) is 70.6 Å². The van der Waals surface area contributed by atoms with E-state index < -0.39 is 30.6 Å². The molecule has 1 aliphatic rings. The number of aliphatic hydroxyl groups is 1. The minimum absolute atomic E-state index is 0.00877. The van der Waals surface area contributed by atoms with Crippen LogP contribution < -0.4 is 0 Å². The molecule has 4 rings (SSSR count). The van der Waals surface area contributed by atoms with Gasteiger partial charge >= 0.3 is 5.97 Å². The first-order valence-electron chi connectivity index (χ1n) is 14.9. The Balaban J connectivity index is 1.46. The van der Waals surface area contributed by atoms with Gasteiger partial charge < -0.3 is 39.7 Å². The normalized spacial score (nSPS) is 20.6. The molecular formula is C35H40O10. The molecule has 5 N–H and O–H groups in total. The van der Waals surface area contributed by atoms with Crippen molar-refractivity contribution in [1.29, 1.82) is 0 Å². The van der Waals surface area contributed by atoms with Crippen molar-refractivity contribution in [3.63, 3.8) is 0 Å². The number of phenolic OH excluding ortho intramolecular Hbond substituents is 4. The molecule has 3 aromatic rings. The molecule has 1 saturated heterocycles. The number of carbonyl (C=O) groups excluding carboxylic acids is 2. The molecule has 1 fully saturated rings. The van der Waals surface area contributed by atoms with Crippen LogP contribution in [0, 0.1) is 12.8 Å². The van der Waals surface area contributed by atoms with E-state index in [0.29, 0.717) is 30.4 Å². The Morgan fingerprint density at radius 3 is 2.33 bits per heavy atom. The molecule has 0 saturated carbocycles. The number of ketones is 1. The number of carbonyl (C=O) groups is 2. The highest BCUT2D eigenvalue weighted by molar-refractivity contribution is 5.87. The quantitative estimate of drug-likeness (QED) is 0.103. The number of aromatic hydroxyl groups is 4. The van der Waals surface area contributed by atoms with E-state index in [9.17, 15) is 35.1 Å². The van der Waals surface area contributed by atoms with E-state index in [4.69, 9.17) is 14.2 Å². The molecule has 4 unspecified atom stereocenters. The molecule has 0 amide bonds. The van der Waals surface area contributed by atoms with Gasteiger partial charge in [-0.3, -0.25) is 4.79 Å². The van der Waals surface area contributed by atoms with Crippen LogP contribution >= 0.6 is 0 Å². The second kappa shape index (κ2) is 15.6. The lowest BCUT2D eigenvalue weighted by molar-refractivity contribution is -0.276. The maximum absolute atomic E-state index is 13.1. The summed E-state index contributed by atoms with van der Waals surface area (Å²) in [6, 6.07) is 16.0. The van der Waals surface area contributed by atoms with Crippen molar-refractivity contribution in [3.05, 3.63) is 89.0 Å². The average molecular weight is 621 g/mol. The first-order valence-corrected chi connectivity index (χ1v) is 14.9. The summed E-state index contributed by atoms with van der Waals surface area (Å²) in [5.41, 5.74) is 2.94. The number of rotatable bonds is 13. The van der Waals surface area contributed by atoms with Crippen LogP contribution in [-0.2, 0) is 36.6 Å². The van der Waals surface area contributed by atoms with Crippen LogP contribution in [0.5, 0.6) is 23.0 Å². The number of hydrogen-bond donors (Lipinski definition) is 5. The summed E-state index contributed by atoms with van der Waals surface area (Å²) in [6.07, 6.45) is 0.0306. The zero-order valence-electron chi connectivity index (χ0n) is 25.3. The number of esters is 1. The zero-order chi connectivity index (χ0) is 32.5. The maximum Gasteiger partial charge on any atom is 0.331 e. The SMILES string of the molecule is Cc1ccc(CC[C@@H](CC(=O)CCc2ccc(O)c(O)c2)OC2OCC(C)C(O)C2OC(=O)/C=C/c2ccc(O)cc2)cc1O. The maximum atomic E-state index is 13.1. The van der Waals surface area contributed by atoms with Crippen LogP contribution in [0.15, 0.2) is 66.7 Å². The molecule has 0 spiro atoms. The molecule has 45 heavy (non-hydrogen) atoms. The molecule has 0 radical (unpaired) electrons. The summed E-state index contributed by atoms with van der Waals surface area (Å²) in [6.45, 7) is 3.71. The fraction of sp³-hybridized carbons (Fsp3) is 0.371. The number of benzene rings is 3. The minimum atomic E-state index is -1.16. The van der Waals surface area contributed by atoms with Crippen LogP contribution in [0.1, 0.15) is 48.4 Å². The molecule has 1 heterocycles. The number of Topliss-reactive ketones (excluding diaryl/α,β-unsaturated/α-hetero) is 1. The van der Waals surface area contributed by atoms with Crippen LogP contribution in [-0.4, -0.2) is 68.5 Å². The highest BCUT2D eigenvalue weighted by atomic mass is 16.7. The van der Waals surface area contributed by atoms with Crippen molar-refractivity contribution in [2.75, 3.05) is 6.61 Å². The van der Waals surface area contributed by atoms with Crippen LogP contribution in [0.4, 0.5) is 0 Å². The summed E-state index contributed by atoms with van der Waals surface area (Å²) in [5.74, 6) is -1.43.